The third-order valence-electron chi connectivity index (χ3n) is 2.66. The van der Waals surface area contributed by atoms with Gasteiger partial charge in [0, 0.05) is 23.4 Å². The Morgan fingerprint density at radius 2 is 2.05 bits per heavy atom. The molecule has 1 aromatic carbocycles. The highest BCUT2D eigenvalue weighted by Crippen LogP contribution is 2.20. The molecule has 0 spiro atoms. The van der Waals surface area contributed by atoms with E-state index in [9.17, 15) is 0 Å². The monoisotopic (exact) mass is 311 g/mol. The number of thioether (sulfide) groups is 1. The number of halogens is 1. The first-order valence-electron chi connectivity index (χ1n) is 6.52. The van der Waals surface area contributed by atoms with Gasteiger partial charge >= 0.3 is 0 Å². The normalized spacial score (nSPS) is 11.2. The Bertz CT molecular complexity index is 526. The molecule has 5 nitrogen and oxygen atoms in total. The molecule has 0 atom stereocenters. The van der Waals surface area contributed by atoms with Crippen molar-refractivity contribution < 1.29 is 0 Å². The maximum absolute atomic E-state index is 5.87. The van der Waals surface area contributed by atoms with Crippen molar-refractivity contribution in [2.24, 2.45) is 0 Å². The Labute approximate surface area is 128 Å². The number of hydrogen-bond acceptors (Lipinski definition) is 5. The summed E-state index contributed by atoms with van der Waals surface area (Å²) in [7, 11) is 0. The Kier molecular flexibility index (Phi) is 5.82. The van der Waals surface area contributed by atoms with Crippen LogP contribution in [0.4, 0.5) is 0 Å². The van der Waals surface area contributed by atoms with Crippen molar-refractivity contribution in [3.63, 3.8) is 0 Å². The van der Waals surface area contributed by atoms with E-state index in [2.05, 4.69) is 34.7 Å². The average Bonchev–Trinajstić information content (AvgIpc) is 2.85. The molecule has 108 valence electrons. The summed E-state index contributed by atoms with van der Waals surface area (Å²) >= 11 is 7.50. The van der Waals surface area contributed by atoms with Gasteiger partial charge in [-0.05, 0) is 28.1 Å². The van der Waals surface area contributed by atoms with E-state index in [1.165, 1.54) is 5.56 Å². The fourth-order valence-electron chi connectivity index (χ4n) is 1.63. The van der Waals surface area contributed by atoms with Crippen LogP contribution in [0.25, 0.3) is 0 Å². The quantitative estimate of drug-likeness (QED) is 0.797. The SMILES string of the molecule is CC(C)NCCn1nnnc1SCc1ccc(Cl)cc1. The van der Waals surface area contributed by atoms with Crippen LogP contribution in [-0.4, -0.2) is 32.8 Å². The van der Waals surface area contributed by atoms with E-state index in [-0.39, 0.29) is 0 Å². The molecule has 0 bridgehead atoms. The van der Waals surface area contributed by atoms with Gasteiger partial charge in [0.2, 0.25) is 5.16 Å². The highest BCUT2D eigenvalue weighted by molar-refractivity contribution is 7.98. The molecule has 0 saturated heterocycles. The van der Waals surface area contributed by atoms with Crippen molar-refractivity contribution in [3.05, 3.63) is 34.9 Å². The molecule has 0 fully saturated rings. The largest absolute Gasteiger partial charge is 0.313 e. The van der Waals surface area contributed by atoms with Crippen molar-refractivity contribution in [2.75, 3.05) is 6.54 Å². The lowest BCUT2D eigenvalue weighted by Gasteiger charge is -2.08. The van der Waals surface area contributed by atoms with E-state index in [0.717, 1.165) is 29.0 Å². The number of benzene rings is 1. The molecule has 0 radical (unpaired) electrons. The van der Waals surface area contributed by atoms with Crippen LogP contribution in [0.1, 0.15) is 19.4 Å². The first-order chi connectivity index (χ1) is 9.65. The van der Waals surface area contributed by atoms with Crippen LogP contribution in [0, 0.1) is 0 Å². The molecule has 1 N–H and O–H groups in total. The average molecular weight is 312 g/mol. The Balaban J connectivity index is 1.86. The minimum absolute atomic E-state index is 0.469. The summed E-state index contributed by atoms with van der Waals surface area (Å²) in [5, 5.41) is 16.8. The van der Waals surface area contributed by atoms with Crippen LogP contribution in [0.2, 0.25) is 5.02 Å². The molecule has 0 amide bonds. The predicted octanol–water partition coefficient (Wildman–Crippen LogP) is 2.62. The summed E-state index contributed by atoms with van der Waals surface area (Å²) in [6.07, 6.45) is 0. The van der Waals surface area contributed by atoms with Gasteiger partial charge in [-0.3, -0.25) is 0 Å². The summed E-state index contributed by atoms with van der Waals surface area (Å²) in [4.78, 5) is 0. The molecular formula is C13H18ClN5S. The minimum atomic E-state index is 0.469. The second-order valence-corrected chi connectivity index (χ2v) is 6.09. The van der Waals surface area contributed by atoms with Crippen LogP contribution in [0.5, 0.6) is 0 Å². The number of tetrazole rings is 1. The zero-order chi connectivity index (χ0) is 14.4. The molecule has 0 aliphatic heterocycles. The molecular weight excluding hydrogens is 294 g/mol. The van der Waals surface area contributed by atoms with Gasteiger partial charge in [0.25, 0.3) is 0 Å². The first kappa shape index (κ1) is 15.3. The summed E-state index contributed by atoms with van der Waals surface area (Å²) in [6.45, 7) is 5.87. The fraction of sp³-hybridized carbons (Fsp3) is 0.462. The fourth-order valence-corrected chi connectivity index (χ4v) is 2.61. The van der Waals surface area contributed by atoms with Gasteiger partial charge in [0.05, 0.1) is 6.54 Å². The van der Waals surface area contributed by atoms with E-state index >= 15 is 0 Å². The van der Waals surface area contributed by atoms with Crippen LogP contribution < -0.4 is 5.32 Å². The third-order valence-corrected chi connectivity index (χ3v) is 3.94. The maximum atomic E-state index is 5.87. The summed E-state index contributed by atoms with van der Waals surface area (Å²) in [5.74, 6) is 0.829. The lowest BCUT2D eigenvalue weighted by atomic mass is 10.2. The predicted molar refractivity (Wildman–Crippen MR) is 82.0 cm³/mol. The van der Waals surface area contributed by atoms with E-state index in [4.69, 9.17) is 11.6 Å². The van der Waals surface area contributed by atoms with Crippen LogP contribution >= 0.6 is 23.4 Å². The summed E-state index contributed by atoms with van der Waals surface area (Å²) in [6, 6.07) is 8.30. The molecule has 1 aromatic heterocycles. The number of aromatic nitrogens is 4. The third kappa shape index (κ3) is 4.77. The lowest BCUT2D eigenvalue weighted by molar-refractivity contribution is 0.485. The van der Waals surface area contributed by atoms with E-state index in [1.54, 1.807) is 11.8 Å². The van der Waals surface area contributed by atoms with Crippen LogP contribution in [-0.2, 0) is 12.3 Å². The van der Waals surface area contributed by atoms with Gasteiger partial charge < -0.3 is 5.32 Å². The molecule has 2 rings (SSSR count). The van der Waals surface area contributed by atoms with Crippen LogP contribution in [0.3, 0.4) is 0 Å². The number of nitrogens with one attached hydrogen (secondary N) is 1. The Morgan fingerprint density at radius 3 is 2.75 bits per heavy atom. The first-order valence-corrected chi connectivity index (χ1v) is 7.88. The lowest BCUT2D eigenvalue weighted by Crippen LogP contribution is -2.27. The highest BCUT2D eigenvalue weighted by atomic mass is 35.5. The second kappa shape index (κ2) is 7.61. The summed E-state index contributed by atoms with van der Waals surface area (Å²) in [5.41, 5.74) is 1.20. The van der Waals surface area contributed by atoms with Crippen molar-refractivity contribution in [3.8, 4) is 0 Å². The molecule has 20 heavy (non-hydrogen) atoms. The highest BCUT2D eigenvalue weighted by Gasteiger charge is 2.07. The molecule has 7 heteroatoms. The topological polar surface area (TPSA) is 55.6 Å². The van der Waals surface area contributed by atoms with Gasteiger partial charge in [0.15, 0.2) is 0 Å². The van der Waals surface area contributed by atoms with E-state index < -0.39 is 0 Å². The zero-order valence-corrected chi connectivity index (χ0v) is 13.2. The summed E-state index contributed by atoms with van der Waals surface area (Å²) < 4.78 is 1.83. The van der Waals surface area contributed by atoms with Crippen molar-refractivity contribution in [2.45, 2.75) is 37.3 Å². The smallest absolute Gasteiger partial charge is 0.209 e. The maximum Gasteiger partial charge on any atom is 0.209 e. The van der Waals surface area contributed by atoms with Gasteiger partial charge in [-0.2, -0.15) is 0 Å². The molecule has 0 unspecified atom stereocenters. The molecule has 0 aliphatic carbocycles. The number of hydrogen-bond donors (Lipinski definition) is 1. The Morgan fingerprint density at radius 1 is 1.30 bits per heavy atom. The minimum Gasteiger partial charge on any atom is -0.313 e. The second-order valence-electron chi connectivity index (χ2n) is 4.71. The molecule has 0 aliphatic rings. The molecule has 1 heterocycles. The Hall–Kier alpha value is -1.11. The van der Waals surface area contributed by atoms with Crippen molar-refractivity contribution in [1.82, 2.24) is 25.5 Å². The molecule has 2 aromatic rings. The van der Waals surface area contributed by atoms with Crippen molar-refractivity contribution >= 4 is 23.4 Å². The molecule has 0 saturated carbocycles. The van der Waals surface area contributed by atoms with Crippen LogP contribution in [0.15, 0.2) is 29.4 Å². The van der Waals surface area contributed by atoms with E-state index in [1.807, 2.05) is 28.9 Å². The zero-order valence-electron chi connectivity index (χ0n) is 11.6. The standard InChI is InChI=1S/C13H18ClN5S/c1-10(2)15-7-8-19-13(16-17-18-19)20-9-11-3-5-12(14)6-4-11/h3-6,10,15H,7-9H2,1-2H3. The number of nitrogens with zero attached hydrogens (tertiary/aromatic N) is 4. The number of rotatable bonds is 7. The van der Waals surface area contributed by atoms with Gasteiger partial charge in [0.1, 0.15) is 0 Å². The van der Waals surface area contributed by atoms with Gasteiger partial charge in [-0.1, -0.05) is 49.3 Å². The van der Waals surface area contributed by atoms with Crippen molar-refractivity contribution in [1.29, 1.82) is 0 Å². The van der Waals surface area contributed by atoms with Gasteiger partial charge in [-0.25, -0.2) is 4.68 Å². The van der Waals surface area contributed by atoms with E-state index in [0.29, 0.717) is 6.04 Å². The van der Waals surface area contributed by atoms with Gasteiger partial charge in [-0.15, -0.1) is 5.10 Å².